The summed E-state index contributed by atoms with van der Waals surface area (Å²) in [6.07, 6.45) is -4.28. The molecule has 29 heavy (non-hydrogen) atoms. The van der Waals surface area contributed by atoms with Crippen molar-refractivity contribution in [2.75, 3.05) is 5.32 Å². The number of carbonyl (C=O) groups is 1. The smallest absolute Gasteiger partial charge is 0.345 e. The number of aromatic nitrogens is 1. The fraction of sp³-hybridized carbons (Fsp3) is 0.294. The lowest BCUT2D eigenvalue weighted by Gasteiger charge is -2.19. The SMILES string of the molecule is CC[C@@H](NS(=O)(=O)c1cc(C(=O)Nc2ccc(F)c(C#N)c2)n(C)c1)C(F)(F)F. The Labute approximate surface area is 164 Å². The molecule has 0 saturated carbocycles. The molecule has 0 aliphatic heterocycles. The molecule has 2 aromatic rings. The molecule has 0 unspecified atom stereocenters. The number of hydrogen-bond acceptors (Lipinski definition) is 4. The summed E-state index contributed by atoms with van der Waals surface area (Å²) in [6.45, 7) is 1.18. The Balaban J connectivity index is 2.27. The summed E-state index contributed by atoms with van der Waals surface area (Å²) in [5, 5.41) is 11.2. The van der Waals surface area contributed by atoms with E-state index in [0.717, 1.165) is 29.0 Å². The van der Waals surface area contributed by atoms with Gasteiger partial charge < -0.3 is 9.88 Å². The zero-order chi connectivity index (χ0) is 22.0. The van der Waals surface area contributed by atoms with Crippen LogP contribution in [0, 0.1) is 17.1 Å². The van der Waals surface area contributed by atoms with Gasteiger partial charge in [-0.2, -0.15) is 23.2 Å². The first-order valence-electron chi connectivity index (χ1n) is 8.15. The minimum absolute atomic E-state index is 0.0831. The summed E-state index contributed by atoms with van der Waals surface area (Å²) in [5.41, 5.74) is -0.395. The van der Waals surface area contributed by atoms with Gasteiger partial charge in [-0.1, -0.05) is 6.92 Å². The number of benzene rings is 1. The van der Waals surface area contributed by atoms with Crippen LogP contribution in [0.25, 0.3) is 0 Å². The van der Waals surface area contributed by atoms with Gasteiger partial charge in [-0.3, -0.25) is 4.79 Å². The summed E-state index contributed by atoms with van der Waals surface area (Å²) >= 11 is 0. The molecule has 1 aromatic heterocycles. The second-order valence-electron chi connectivity index (χ2n) is 6.06. The molecule has 0 aliphatic carbocycles. The zero-order valence-electron chi connectivity index (χ0n) is 15.2. The van der Waals surface area contributed by atoms with E-state index >= 15 is 0 Å². The standard InChI is InChI=1S/C17H16F4N4O3S/c1-3-15(17(19,20)21)24-29(27,28)12-7-14(25(2)9-12)16(26)23-11-4-5-13(18)10(6-11)8-22/h4-7,9,15,24H,3H2,1-2H3,(H,23,26)/t15-/m1/s1. The van der Waals surface area contributed by atoms with E-state index in [2.05, 4.69) is 5.32 Å². The van der Waals surface area contributed by atoms with Gasteiger partial charge in [0.25, 0.3) is 5.91 Å². The number of anilines is 1. The number of rotatable bonds is 6. The average molecular weight is 432 g/mol. The van der Waals surface area contributed by atoms with Crippen molar-refractivity contribution in [1.29, 1.82) is 5.26 Å². The number of amides is 1. The van der Waals surface area contributed by atoms with Crippen LogP contribution in [-0.2, 0) is 17.1 Å². The molecule has 0 saturated heterocycles. The minimum Gasteiger partial charge on any atom is -0.345 e. The number of carbonyl (C=O) groups excluding carboxylic acids is 1. The Bertz CT molecular complexity index is 1070. The molecule has 0 fully saturated rings. The van der Waals surface area contributed by atoms with E-state index in [0.29, 0.717) is 0 Å². The molecule has 156 valence electrons. The lowest BCUT2D eigenvalue weighted by atomic mass is 10.2. The molecule has 1 atom stereocenters. The highest BCUT2D eigenvalue weighted by atomic mass is 32.2. The molecule has 12 heteroatoms. The van der Waals surface area contributed by atoms with Crippen molar-refractivity contribution >= 4 is 21.6 Å². The third-order valence-corrected chi connectivity index (χ3v) is 5.41. The van der Waals surface area contributed by atoms with Gasteiger partial charge in [-0.25, -0.2) is 12.8 Å². The zero-order valence-corrected chi connectivity index (χ0v) is 16.0. The van der Waals surface area contributed by atoms with E-state index in [9.17, 15) is 30.8 Å². The first-order valence-corrected chi connectivity index (χ1v) is 9.63. The van der Waals surface area contributed by atoms with Crippen LogP contribution in [0.5, 0.6) is 0 Å². The molecular formula is C17H16F4N4O3S. The van der Waals surface area contributed by atoms with Crippen LogP contribution >= 0.6 is 0 Å². The van der Waals surface area contributed by atoms with E-state index in [1.807, 2.05) is 0 Å². The van der Waals surface area contributed by atoms with Crippen molar-refractivity contribution in [3.05, 3.63) is 47.5 Å². The maximum absolute atomic E-state index is 13.4. The topological polar surface area (TPSA) is 104 Å². The second kappa shape index (κ2) is 8.22. The number of alkyl halides is 3. The largest absolute Gasteiger partial charge is 0.404 e. The van der Waals surface area contributed by atoms with Crippen molar-refractivity contribution in [3.8, 4) is 6.07 Å². The van der Waals surface area contributed by atoms with E-state index in [1.54, 1.807) is 10.8 Å². The number of aryl methyl sites for hydroxylation is 1. The molecule has 0 bridgehead atoms. The van der Waals surface area contributed by atoms with Crippen LogP contribution in [-0.4, -0.2) is 31.1 Å². The summed E-state index contributed by atoms with van der Waals surface area (Å²) in [7, 11) is -3.21. The Kier molecular flexibility index (Phi) is 6.34. The van der Waals surface area contributed by atoms with Gasteiger partial charge in [-0.15, -0.1) is 0 Å². The van der Waals surface area contributed by atoms with Crippen LogP contribution in [0.4, 0.5) is 23.2 Å². The molecule has 2 N–H and O–H groups in total. The van der Waals surface area contributed by atoms with E-state index in [1.165, 1.54) is 20.0 Å². The summed E-state index contributed by atoms with van der Waals surface area (Å²) in [6, 6.07) is 3.51. The second-order valence-corrected chi connectivity index (χ2v) is 7.77. The van der Waals surface area contributed by atoms with Gasteiger partial charge in [0.2, 0.25) is 10.0 Å². The van der Waals surface area contributed by atoms with Crippen LogP contribution in [0.1, 0.15) is 29.4 Å². The minimum atomic E-state index is -4.77. The Hall–Kier alpha value is -2.91. The third kappa shape index (κ3) is 5.12. The maximum Gasteiger partial charge on any atom is 0.404 e. The van der Waals surface area contributed by atoms with E-state index in [4.69, 9.17) is 5.26 Å². The first-order chi connectivity index (χ1) is 13.4. The normalized spacial score (nSPS) is 13.0. The average Bonchev–Trinajstić information content (AvgIpc) is 3.03. The monoisotopic (exact) mass is 432 g/mol. The van der Waals surface area contributed by atoms with Gasteiger partial charge in [0.1, 0.15) is 28.5 Å². The molecule has 1 aromatic carbocycles. The number of halogens is 4. The first kappa shape index (κ1) is 22.4. The quantitative estimate of drug-likeness (QED) is 0.685. The number of nitrogens with one attached hydrogen (secondary N) is 2. The highest BCUT2D eigenvalue weighted by Gasteiger charge is 2.41. The molecule has 1 heterocycles. The van der Waals surface area contributed by atoms with Gasteiger partial charge in [-0.05, 0) is 30.7 Å². The van der Waals surface area contributed by atoms with Crippen molar-refractivity contribution in [2.24, 2.45) is 7.05 Å². The molecule has 0 radical (unpaired) electrons. The van der Waals surface area contributed by atoms with Crippen LogP contribution in [0.15, 0.2) is 35.4 Å². The van der Waals surface area contributed by atoms with Gasteiger partial charge >= 0.3 is 6.18 Å². The summed E-state index contributed by atoms with van der Waals surface area (Å²) < 4.78 is 79.2. The lowest BCUT2D eigenvalue weighted by molar-refractivity contribution is -0.151. The Morgan fingerprint density at radius 2 is 1.97 bits per heavy atom. The predicted molar refractivity (Wildman–Crippen MR) is 94.9 cm³/mol. The number of sulfonamides is 1. The molecule has 2 rings (SSSR count). The highest BCUT2D eigenvalue weighted by molar-refractivity contribution is 7.89. The molecule has 1 amide bonds. The van der Waals surface area contributed by atoms with Crippen molar-refractivity contribution in [2.45, 2.75) is 30.5 Å². The number of nitriles is 1. The summed E-state index contributed by atoms with van der Waals surface area (Å²) in [4.78, 5) is 11.9. The molecule has 0 aliphatic rings. The van der Waals surface area contributed by atoms with Crippen LogP contribution in [0.3, 0.4) is 0 Å². The number of hydrogen-bond donors (Lipinski definition) is 2. The number of nitrogens with zero attached hydrogens (tertiary/aromatic N) is 2. The Morgan fingerprint density at radius 3 is 2.52 bits per heavy atom. The fourth-order valence-electron chi connectivity index (χ4n) is 2.43. The fourth-order valence-corrected chi connectivity index (χ4v) is 3.80. The van der Waals surface area contributed by atoms with Crippen molar-refractivity contribution in [3.63, 3.8) is 0 Å². The third-order valence-electron chi connectivity index (χ3n) is 3.97. The lowest BCUT2D eigenvalue weighted by Crippen LogP contribution is -2.44. The van der Waals surface area contributed by atoms with Gasteiger partial charge in [0, 0.05) is 18.9 Å². The molecule has 0 spiro atoms. The highest BCUT2D eigenvalue weighted by Crippen LogP contribution is 2.25. The van der Waals surface area contributed by atoms with E-state index in [-0.39, 0.29) is 16.9 Å². The van der Waals surface area contributed by atoms with Crippen LogP contribution < -0.4 is 10.0 Å². The van der Waals surface area contributed by atoms with Gasteiger partial charge in [0.05, 0.1) is 5.56 Å². The van der Waals surface area contributed by atoms with Crippen molar-refractivity contribution in [1.82, 2.24) is 9.29 Å². The molecule has 7 nitrogen and oxygen atoms in total. The Morgan fingerprint density at radius 1 is 1.31 bits per heavy atom. The maximum atomic E-state index is 13.4. The van der Waals surface area contributed by atoms with Crippen molar-refractivity contribution < 1.29 is 30.8 Å². The predicted octanol–water partition coefficient (Wildman–Crippen LogP) is 2.91. The summed E-state index contributed by atoms with van der Waals surface area (Å²) in [5.74, 6) is -1.58. The van der Waals surface area contributed by atoms with E-state index < -0.39 is 45.3 Å². The van der Waals surface area contributed by atoms with Gasteiger partial charge in [0.15, 0.2) is 0 Å². The molecular weight excluding hydrogens is 416 g/mol. The van der Waals surface area contributed by atoms with Crippen LogP contribution in [0.2, 0.25) is 0 Å².